The number of hydrogen-bond donors (Lipinski definition) is 1. The molecule has 0 amide bonds. The minimum absolute atomic E-state index is 0.0711. The van der Waals surface area contributed by atoms with Crippen molar-refractivity contribution < 1.29 is 9.47 Å². The molecule has 1 atom stereocenters. The fraction of sp³-hybridized carbons (Fsp3) is 0.455. The normalized spacial score (nSPS) is 13.1. The van der Waals surface area contributed by atoms with Crippen LogP contribution < -0.4 is 0 Å². The van der Waals surface area contributed by atoms with Crippen molar-refractivity contribution in [2.24, 2.45) is 0 Å². The molecular formula is C11H14ClN3O2S. The summed E-state index contributed by atoms with van der Waals surface area (Å²) in [7, 11) is 3.28. The number of rotatable bonds is 5. The molecule has 1 N–H and O–H groups in total. The van der Waals surface area contributed by atoms with E-state index in [1.54, 1.807) is 26.5 Å². The summed E-state index contributed by atoms with van der Waals surface area (Å²) in [6, 6.07) is 1.80. The van der Waals surface area contributed by atoms with Crippen LogP contribution in [0.1, 0.15) is 0 Å². The monoisotopic (exact) mass is 287 g/mol. The van der Waals surface area contributed by atoms with Crippen LogP contribution in [0.3, 0.4) is 0 Å². The summed E-state index contributed by atoms with van der Waals surface area (Å²) in [6.45, 7) is 1.08. The van der Waals surface area contributed by atoms with Crippen molar-refractivity contribution in [3.05, 3.63) is 22.1 Å². The summed E-state index contributed by atoms with van der Waals surface area (Å²) >= 11 is 11.2. The maximum absolute atomic E-state index is 5.89. The summed E-state index contributed by atoms with van der Waals surface area (Å²) in [5.74, 6) is 0. The minimum atomic E-state index is -0.0711. The molecule has 0 saturated heterocycles. The lowest BCUT2D eigenvalue weighted by Crippen LogP contribution is -2.23. The van der Waals surface area contributed by atoms with Gasteiger partial charge in [0.05, 0.1) is 29.8 Å². The molecule has 0 aliphatic heterocycles. The van der Waals surface area contributed by atoms with Gasteiger partial charge in [0.1, 0.15) is 0 Å². The van der Waals surface area contributed by atoms with Crippen molar-refractivity contribution in [1.82, 2.24) is 14.5 Å². The Hall–Kier alpha value is -0.950. The van der Waals surface area contributed by atoms with E-state index in [0.29, 0.717) is 22.9 Å². The topological polar surface area (TPSA) is 52.1 Å². The van der Waals surface area contributed by atoms with E-state index in [-0.39, 0.29) is 6.10 Å². The van der Waals surface area contributed by atoms with Crippen molar-refractivity contribution in [1.29, 1.82) is 0 Å². The first-order chi connectivity index (χ1) is 8.65. The van der Waals surface area contributed by atoms with Gasteiger partial charge in [-0.05, 0) is 18.3 Å². The number of halogens is 1. The molecule has 0 spiro atoms. The zero-order valence-corrected chi connectivity index (χ0v) is 11.7. The zero-order chi connectivity index (χ0) is 13.1. The van der Waals surface area contributed by atoms with Crippen LogP contribution in [0, 0.1) is 4.77 Å². The second-order valence-electron chi connectivity index (χ2n) is 3.88. The summed E-state index contributed by atoms with van der Waals surface area (Å²) in [5.41, 5.74) is 1.59. The van der Waals surface area contributed by atoms with E-state index in [1.807, 2.05) is 4.57 Å². The molecule has 2 heterocycles. The highest BCUT2D eigenvalue weighted by atomic mass is 35.5. The third-order valence-corrected chi connectivity index (χ3v) is 3.18. The Bertz CT molecular complexity index is 595. The molecule has 7 heteroatoms. The maximum Gasteiger partial charge on any atom is 0.179 e. The van der Waals surface area contributed by atoms with Gasteiger partial charge in [-0.1, -0.05) is 11.6 Å². The first kappa shape index (κ1) is 13.5. The lowest BCUT2D eigenvalue weighted by Gasteiger charge is -2.15. The average Bonchev–Trinajstić information content (AvgIpc) is 2.64. The number of pyridine rings is 1. The number of aromatic amines is 1. The Kier molecular flexibility index (Phi) is 4.34. The Morgan fingerprint density at radius 3 is 3.00 bits per heavy atom. The molecule has 98 valence electrons. The second-order valence-corrected chi connectivity index (χ2v) is 4.70. The molecule has 18 heavy (non-hydrogen) atoms. The van der Waals surface area contributed by atoms with Gasteiger partial charge in [0.15, 0.2) is 10.4 Å². The minimum Gasteiger partial charge on any atom is -0.382 e. The number of ether oxygens (including phenoxy) is 2. The van der Waals surface area contributed by atoms with E-state index in [2.05, 4.69) is 9.97 Å². The van der Waals surface area contributed by atoms with E-state index >= 15 is 0 Å². The van der Waals surface area contributed by atoms with Gasteiger partial charge in [-0.25, -0.2) is 4.98 Å². The summed E-state index contributed by atoms with van der Waals surface area (Å²) in [4.78, 5) is 7.36. The molecule has 1 unspecified atom stereocenters. The molecule has 0 aromatic carbocycles. The summed E-state index contributed by atoms with van der Waals surface area (Å²) in [5, 5.41) is 0.575. The molecule has 0 saturated carbocycles. The molecule has 0 aliphatic carbocycles. The van der Waals surface area contributed by atoms with Crippen LogP contribution in [-0.4, -0.2) is 41.5 Å². The summed E-state index contributed by atoms with van der Waals surface area (Å²) < 4.78 is 12.9. The van der Waals surface area contributed by atoms with Gasteiger partial charge in [0.25, 0.3) is 0 Å². The predicted octanol–water partition coefficient (Wildman–Crippen LogP) is 2.41. The third-order valence-electron chi connectivity index (χ3n) is 2.65. The highest BCUT2D eigenvalue weighted by Crippen LogP contribution is 2.17. The number of H-pyrrole nitrogens is 1. The quantitative estimate of drug-likeness (QED) is 0.858. The Morgan fingerprint density at radius 2 is 2.33 bits per heavy atom. The van der Waals surface area contributed by atoms with Crippen LogP contribution in [0.2, 0.25) is 5.02 Å². The van der Waals surface area contributed by atoms with Crippen molar-refractivity contribution in [3.63, 3.8) is 0 Å². The fourth-order valence-corrected chi connectivity index (χ4v) is 2.20. The smallest absolute Gasteiger partial charge is 0.179 e. The number of nitrogens with zero attached hydrogens (tertiary/aromatic N) is 2. The van der Waals surface area contributed by atoms with Gasteiger partial charge in [-0.2, -0.15) is 0 Å². The number of aromatic nitrogens is 3. The number of methoxy groups -OCH3 is 2. The molecular weight excluding hydrogens is 274 g/mol. The lowest BCUT2D eigenvalue weighted by molar-refractivity contribution is 0.0187. The number of fused-ring (bicyclic) bond motifs is 1. The number of nitrogens with one attached hydrogen (secondary N) is 1. The van der Waals surface area contributed by atoms with Gasteiger partial charge >= 0.3 is 0 Å². The van der Waals surface area contributed by atoms with Gasteiger partial charge in [-0.15, -0.1) is 0 Å². The van der Waals surface area contributed by atoms with E-state index in [1.165, 1.54) is 0 Å². The summed E-state index contributed by atoms with van der Waals surface area (Å²) in [6.07, 6.45) is 1.53. The van der Waals surface area contributed by atoms with Gasteiger partial charge in [-0.3, -0.25) is 4.57 Å². The van der Waals surface area contributed by atoms with Crippen LogP contribution in [0.25, 0.3) is 11.2 Å². The third kappa shape index (κ3) is 2.72. The fourth-order valence-electron chi connectivity index (χ4n) is 1.77. The van der Waals surface area contributed by atoms with Crippen LogP contribution >= 0.6 is 23.8 Å². The highest BCUT2D eigenvalue weighted by molar-refractivity contribution is 7.71. The van der Waals surface area contributed by atoms with Crippen LogP contribution in [-0.2, 0) is 16.0 Å². The predicted molar refractivity (Wildman–Crippen MR) is 72.6 cm³/mol. The van der Waals surface area contributed by atoms with E-state index in [4.69, 9.17) is 33.3 Å². The van der Waals surface area contributed by atoms with Crippen molar-refractivity contribution in [3.8, 4) is 0 Å². The van der Waals surface area contributed by atoms with Gasteiger partial charge in [0, 0.05) is 20.4 Å². The largest absolute Gasteiger partial charge is 0.382 e. The van der Waals surface area contributed by atoms with E-state index in [0.717, 1.165) is 11.2 Å². The van der Waals surface area contributed by atoms with E-state index in [9.17, 15) is 0 Å². The van der Waals surface area contributed by atoms with Crippen LogP contribution in [0.5, 0.6) is 0 Å². The standard InChI is InChI=1S/C11H14ClN3O2S/c1-16-6-8(17-2)5-15-10-9(14-11(15)18)3-7(12)4-13-10/h3-4,8H,5-6H2,1-2H3,(H,14,18). The zero-order valence-electron chi connectivity index (χ0n) is 10.1. The molecule has 0 radical (unpaired) electrons. The van der Waals surface area contributed by atoms with Gasteiger partial charge < -0.3 is 14.5 Å². The van der Waals surface area contributed by atoms with Crippen molar-refractivity contribution in [2.75, 3.05) is 20.8 Å². The maximum atomic E-state index is 5.89. The SMILES string of the molecule is COCC(Cn1c(=S)[nH]c2cc(Cl)cnc21)OC. The average molecular weight is 288 g/mol. The number of imidazole rings is 1. The van der Waals surface area contributed by atoms with Crippen LogP contribution in [0.4, 0.5) is 0 Å². The van der Waals surface area contributed by atoms with E-state index < -0.39 is 0 Å². The van der Waals surface area contributed by atoms with Crippen molar-refractivity contribution >= 4 is 35.0 Å². The Morgan fingerprint density at radius 1 is 1.56 bits per heavy atom. The first-order valence-corrected chi connectivity index (χ1v) is 6.20. The molecule has 0 aliphatic rings. The first-order valence-electron chi connectivity index (χ1n) is 5.41. The second kappa shape index (κ2) is 5.79. The molecule has 2 rings (SSSR count). The van der Waals surface area contributed by atoms with Crippen LogP contribution in [0.15, 0.2) is 12.3 Å². The van der Waals surface area contributed by atoms with Crippen molar-refractivity contribution in [2.45, 2.75) is 12.6 Å². The number of hydrogen-bond acceptors (Lipinski definition) is 4. The highest BCUT2D eigenvalue weighted by Gasteiger charge is 2.12. The van der Waals surface area contributed by atoms with Gasteiger partial charge in [0.2, 0.25) is 0 Å². The molecule has 2 aromatic rings. The molecule has 5 nitrogen and oxygen atoms in total. The molecule has 0 fully saturated rings. The Balaban J connectivity index is 2.38. The lowest BCUT2D eigenvalue weighted by atomic mass is 10.3. The Labute approximate surface area is 115 Å². The molecule has 2 aromatic heterocycles. The molecule has 0 bridgehead atoms.